The van der Waals surface area contributed by atoms with Crippen molar-refractivity contribution < 1.29 is 13.6 Å². The standard InChI is InChI=1S/C15H12BrF2NOS/c1-9(21-12-5-2-10(16)3-6-12)15(20)19-14-7-4-11(17)8-13(14)18/h2-9H,1H3,(H,19,20). The van der Waals surface area contributed by atoms with Crippen LogP contribution in [-0.2, 0) is 4.79 Å². The van der Waals surface area contributed by atoms with E-state index in [0.29, 0.717) is 0 Å². The Balaban J connectivity index is 2.00. The zero-order valence-electron chi connectivity index (χ0n) is 11.1. The molecular weight excluding hydrogens is 360 g/mol. The topological polar surface area (TPSA) is 29.1 Å². The lowest BCUT2D eigenvalue weighted by molar-refractivity contribution is -0.115. The molecule has 0 spiro atoms. The monoisotopic (exact) mass is 371 g/mol. The maximum Gasteiger partial charge on any atom is 0.237 e. The molecule has 0 saturated carbocycles. The molecule has 110 valence electrons. The molecule has 21 heavy (non-hydrogen) atoms. The van der Waals surface area contributed by atoms with E-state index in [0.717, 1.165) is 21.5 Å². The smallest absolute Gasteiger partial charge is 0.237 e. The molecule has 2 aromatic carbocycles. The molecule has 2 nitrogen and oxygen atoms in total. The second-order valence-electron chi connectivity index (χ2n) is 4.33. The summed E-state index contributed by atoms with van der Waals surface area (Å²) < 4.78 is 27.2. The van der Waals surface area contributed by atoms with E-state index in [1.807, 2.05) is 24.3 Å². The van der Waals surface area contributed by atoms with Gasteiger partial charge in [0.25, 0.3) is 0 Å². The zero-order chi connectivity index (χ0) is 15.4. The minimum atomic E-state index is -0.788. The van der Waals surface area contributed by atoms with Gasteiger partial charge >= 0.3 is 0 Å². The van der Waals surface area contributed by atoms with Gasteiger partial charge in [0.05, 0.1) is 10.9 Å². The second-order valence-corrected chi connectivity index (χ2v) is 6.66. The van der Waals surface area contributed by atoms with Crippen LogP contribution >= 0.6 is 27.7 Å². The van der Waals surface area contributed by atoms with Gasteiger partial charge in [-0.15, -0.1) is 11.8 Å². The van der Waals surface area contributed by atoms with Gasteiger partial charge < -0.3 is 5.32 Å². The third-order valence-electron chi connectivity index (χ3n) is 2.68. The van der Waals surface area contributed by atoms with E-state index in [2.05, 4.69) is 21.2 Å². The van der Waals surface area contributed by atoms with Crippen LogP contribution in [0, 0.1) is 11.6 Å². The van der Waals surface area contributed by atoms with E-state index in [-0.39, 0.29) is 11.6 Å². The van der Waals surface area contributed by atoms with Gasteiger partial charge in [-0.3, -0.25) is 4.79 Å². The number of benzene rings is 2. The Morgan fingerprint density at radius 3 is 2.48 bits per heavy atom. The molecule has 2 rings (SSSR count). The first-order valence-corrected chi connectivity index (χ1v) is 7.81. The van der Waals surface area contributed by atoms with Crippen LogP contribution in [0.25, 0.3) is 0 Å². The van der Waals surface area contributed by atoms with Gasteiger partial charge in [0.2, 0.25) is 5.91 Å². The predicted octanol–water partition coefficient (Wildman–Crippen LogP) is 4.85. The van der Waals surface area contributed by atoms with Gasteiger partial charge in [0.15, 0.2) is 0 Å². The summed E-state index contributed by atoms with van der Waals surface area (Å²) in [6.07, 6.45) is 0. The quantitative estimate of drug-likeness (QED) is 0.778. The summed E-state index contributed by atoms with van der Waals surface area (Å²) in [5, 5.41) is 2.05. The highest BCUT2D eigenvalue weighted by molar-refractivity contribution is 9.10. The molecule has 0 aliphatic heterocycles. The molecule has 1 N–H and O–H groups in total. The average Bonchev–Trinajstić information content (AvgIpc) is 2.44. The van der Waals surface area contributed by atoms with Crippen molar-refractivity contribution in [1.29, 1.82) is 0 Å². The van der Waals surface area contributed by atoms with Crippen molar-refractivity contribution in [3.05, 3.63) is 58.6 Å². The SMILES string of the molecule is CC(Sc1ccc(Br)cc1)C(=O)Nc1ccc(F)cc1F. The third kappa shape index (κ3) is 4.54. The average molecular weight is 372 g/mol. The Kier molecular flexibility index (Phi) is 5.36. The molecule has 0 bridgehead atoms. The van der Waals surface area contributed by atoms with Crippen molar-refractivity contribution in [3.8, 4) is 0 Å². The number of halogens is 3. The fourth-order valence-corrected chi connectivity index (χ4v) is 2.73. The summed E-state index contributed by atoms with van der Waals surface area (Å²) in [6.45, 7) is 1.73. The highest BCUT2D eigenvalue weighted by Crippen LogP contribution is 2.26. The number of hydrogen-bond donors (Lipinski definition) is 1. The Labute approximate surface area is 134 Å². The van der Waals surface area contributed by atoms with Gasteiger partial charge in [0, 0.05) is 15.4 Å². The highest BCUT2D eigenvalue weighted by atomic mass is 79.9. The van der Waals surface area contributed by atoms with Crippen molar-refractivity contribution in [2.75, 3.05) is 5.32 Å². The molecule has 0 aromatic heterocycles. The van der Waals surface area contributed by atoms with Crippen LogP contribution < -0.4 is 5.32 Å². The molecular formula is C15H12BrF2NOS. The number of nitrogens with one attached hydrogen (secondary N) is 1. The van der Waals surface area contributed by atoms with E-state index in [1.54, 1.807) is 6.92 Å². The maximum atomic E-state index is 13.5. The molecule has 0 radical (unpaired) electrons. The summed E-state index contributed by atoms with van der Waals surface area (Å²) in [6, 6.07) is 10.6. The first kappa shape index (κ1) is 16.0. The van der Waals surface area contributed by atoms with Gasteiger partial charge in [0.1, 0.15) is 11.6 Å². The van der Waals surface area contributed by atoms with Crippen LogP contribution in [0.5, 0.6) is 0 Å². The number of carbonyl (C=O) groups excluding carboxylic acids is 1. The lowest BCUT2D eigenvalue weighted by Crippen LogP contribution is -2.22. The minimum absolute atomic E-state index is 0.0235. The Morgan fingerprint density at radius 1 is 1.19 bits per heavy atom. The molecule has 0 aliphatic rings. The van der Waals surface area contributed by atoms with Gasteiger partial charge in [-0.1, -0.05) is 15.9 Å². The Bertz CT molecular complexity index is 649. The van der Waals surface area contributed by atoms with Crippen molar-refractivity contribution in [2.24, 2.45) is 0 Å². The van der Waals surface area contributed by atoms with E-state index in [1.165, 1.54) is 17.8 Å². The normalized spacial score (nSPS) is 12.0. The molecule has 0 saturated heterocycles. The first-order valence-electron chi connectivity index (χ1n) is 6.14. The van der Waals surface area contributed by atoms with Crippen molar-refractivity contribution in [1.82, 2.24) is 0 Å². The molecule has 2 aromatic rings. The van der Waals surface area contributed by atoms with E-state index in [4.69, 9.17) is 0 Å². The molecule has 0 fully saturated rings. The molecule has 6 heteroatoms. The van der Waals surface area contributed by atoms with Crippen LogP contribution in [0.2, 0.25) is 0 Å². The maximum absolute atomic E-state index is 13.5. The van der Waals surface area contributed by atoms with Gasteiger partial charge in [-0.2, -0.15) is 0 Å². The van der Waals surface area contributed by atoms with Crippen molar-refractivity contribution in [3.63, 3.8) is 0 Å². The zero-order valence-corrected chi connectivity index (χ0v) is 13.5. The third-order valence-corrected chi connectivity index (χ3v) is 4.33. The highest BCUT2D eigenvalue weighted by Gasteiger charge is 2.16. The summed E-state index contributed by atoms with van der Waals surface area (Å²) >= 11 is 4.70. The fourth-order valence-electron chi connectivity index (χ4n) is 1.60. The van der Waals surface area contributed by atoms with Gasteiger partial charge in [-0.25, -0.2) is 8.78 Å². The van der Waals surface area contributed by atoms with Crippen molar-refractivity contribution >= 4 is 39.3 Å². The second kappa shape index (κ2) is 7.04. The first-order chi connectivity index (χ1) is 9.95. The number of rotatable bonds is 4. The summed E-state index contributed by atoms with van der Waals surface area (Å²) in [5.74, 6) is -1.81. The lowest BCUT2D eigenvalue weighted by atomic mass is 10.3. The van der Waals surface area contributed by atoms with Gasteiger partial charge in [-0.05, 0) is 43.3 Å². The number of anilines is 1. The Hall–Kier alpha value is -1.40. The Morgan fingerprint density at radius 2 is 1.86 bits per heavy atom. The van der Waals surface area contributed by atoms with E-state index >= 15 is 0 Å². The largest absolute Gasteiger partial charge is 0.323 e. The molecule has 1 amide bonds. The summed E-state index contributed by atoms with van der Waals surface area (Å²) in [4.78, 5) is 13.0. The molecule has 0 heterocycles. The van der Waals surface area contributed by atoms with Crippen LogP contribution in [-0.4, -0.2) is 11.2 Å². The molecule has 0 aliphatic carbocycles. The van der Waals surface area contributed by atoms with E-state index < -0.39 is 16.9 Å². The number of hydrogen-bond acceptors (Lipinski definition) is 2. The van der Waals surface area contributed by atoms with E-state index in [9.17, 15) is 13.6 Å². The minimum Gasteiger partial charge on any atom is -0.323 e. The molecule has 1 atom stereocenters. The number of amides is 1. The lowest BCUT2D eigenvalue weighted by Gasteiger charge is -2.12. The predicted molar refractivity (Wildman–Crippen MR) is 84.4 cm³/mol. The fraction of sp³-hybridized carbons (Fsp3) is 0.133. The summed E-state index contributed by atoms with van der Waals surface area (Å²) in [7, 11) is 0. The van der Waals surface area contributed by atoms with Crippen molar-refractivity contribution in [2.45, 2.75) is 17.1 Å². The number of carbonyl (C=O) groups is 1. The van der Waals surface area contributed by atoms with Crippen LogP contribution in [0.4, 0.5) is 14.5 Å². The van der Waals surface area contributed by atoms with Crippen LogP contribution in [0.15, 0.2) is 51.8 Å². The summed E-state index contributed by atoms with van der Waals surface area (Å²) in [5.41, 5.74) is -0.0235. The molecule has 1 unspecified atom stereocenters. The van der Waals surface area contributed by atoms with Crippen LogP contribution in [0.1, 0.15) is 6.92 Å². The van der Waals surface area contributed by atoms with Crippen LogP contribution in [0.3, 0.4) is 0 Å². The number of thioether (sulfide) groups is 1.